The molecular formula is C18H26N2O4. The van der Waals surface area contributed by atoms with Gasteiger partial charge < -0.3 is 19.3 Å². The Morgan fingerprint density at radius 1 is 1.46 bits per heavy atom. The molecule has 1 saturated heterocycles. The lowest BCUT2D eigenvalue weighted by Gasteiger charge is -2.32. The van der Waals surface area contributed by atoms with Gasteiger partial charge in [-0.25, -0.2) is 0 Å². The summed E-state index contributed by atoms with van der Waals surface area (Å²) in [5.74, 6) is 0.845. The zero-order valence-electron chi connectivity index (χ0n) is 14.5. The summed E-state index contributed by atoms with van der Waals surface area (Å²) < 4.78 is 16.8. The van der Waals surface area contributed by atoms with E-state index in [2.05, 4.69) is 16.5 Å². The van der Waals surface area contributed by atoms with Crippen LogP contribution in [0, 0.1) is 13.8 Å². The lowest BCUT2D eigenvalue weighted by atomic mass is 10.1. The first-order chi connectivity index (χ1) is 11.6. The molecule has 1 N–H and O–H groups in total. The molecule has 0 bridgehead atoms. The molecule has 1 aromatic rings. The van der Waals surface area contributed by atoms with Crippen LogP contribution >= 0.6 is 0 Å². The summed E-state index contributed by atoms with van der Waals surface area (Å²) in [6, 6.07) is -0.103. The van der Waals surface area contributed by atoms with E-state index in [0.717, 1.165) is 36.3 Å². The van der Waals surface area contributed by atoms with Crippen LogP contribution in [0.1, 0.15) is 49.1 Å². The zero-order chi connectivity index (χ0) is 16.9. The predicted molar refractivity (Wildman–Crippen MR) is 88.5 cm³/mol. The molecule has 0 radical (unpaired) electrons. The molecule has 1 amide bonds. The third-order valence-electron chi connectivity index (χ3n) is 4.78. The molecule has 1 aliphatic carbocycles. The molecule has 0 aromatic carbocycles. The van der Waals surface area contributed by atoms with Gasteiger partial charge in [-0.05, 0) is 39.5 Å². The average molecular weight is 334 g/mol. The lowest BCUT2D eigenvalue weighted by Crippen LogP contribution is -2.50. The van der Waals surface area contributed by atoms with Crippen LogP contribution in [-0.4, -0.2) is 36.4 Å². The van der Waals surface area contributed by atoms with Gasteiger partial charge in [-0.1, -0.05) is 16.8 Å². The van der Waals surface area contributed by atoms with Gasteiger partial charge in [-0.2, -0.15) is 0 Å². The summed E-state index contributed by atoms with van der Waals surface area (Å²) >= 11 is 0. The molecule has 6 nitrogen and oxygen atoms in total. The van der Waals surface area contributed by atoms with Gasteiger partial charge in [0.1, 0.15) is 5.76 Å². The number of aromatic nitrogens is 1. The number of nitrogens with one attached hydrogen (secondary N) is 1. The first-order valence-corrected chi connectivity index (χ1v) is 8.72. The molecule has 1 aliphatic heterocycles. The number of carbonyl (C=O) groups excluding carboxylic acids is 1. The van der Waals surface area contributed by atoms with Crippen LogP contribution in [0.4, 0.5) is 0 Å². The van der Waals surface area contributed by atoms with Crippen molar-refractivity contribution in [3.05, 3.63) is 28.7 Å². The van der Waals surface area contributed by atoms with Gasteiger partial charge in [0.15, 0.2) is 0 Å². The summed E-state index contributed by atoms with van der Waals surface area (Å²) in [5.41, 5.74) is 3.09. The molecule has 0 spiro atoms. The highest BCUT2D eigenvalue weighted by Crippen LogP contribution is 2.21. The molecule has 1 fully saturated rings. The maximum Gasteiger partial charge on any atom is 0.224 e. The van der Waals surface area contributed by atoms with Crippen LogP contribution in [0.3, 0.4) is 0 Å². The van der Waals surface area contributed by atoms with Gasteiger partial charge in [0.2, 0.25) is 5.91 Å². The zero-order valence-corrected chi connectivity index (χ0v) is 14.5. The van der Waals surface area contributed by atoms with Crippen molar-refractivity contribution >= 4 is 5.91 Å². The molecule has 2 aliphatic rings. The Morgan fingerprint density at radius 2 is 2.33 bits per heavy atom. The van der Waals surface area contributed by atoms with E-state index in [-0.39, 0.29) is 18.1 Å². The second-order valence-electron chi connectivity index (χ2n) is 6.62. The minimum absolute atomic E-state index is 0.0473. The van der Waals surface area contributed by atoms with Crippen LogP contribution in [0.25, 0.3) is 0 Å². The molecule has 3 rings (SSSR count). The number of nitrogens with zero attached hydrogens (tertiary/aromatic N) is 1. The van der Waals surface area contributed by atoms with Crippen molar-refractivity contribution < 1.29 is 18.8 Å². The molecule has 0 unspecified atom stereocenters. The van der Waals surface area contributed by atoms with Crippen molar-refractivity contribution in [3.8, 4) is 0 Å². The third kappa shape index (κ3) is 4.24. The predicted octanol–water partition coefficient (Wildman–Crippen LogP) is 2.58. The smallest absolute Gasteiger partial charge is 0.224 e. The van der Waals surface area contributed by atoms with E-state index in [0.29, 0.717) is 26.2 Å². The van der Waals surface area contributed by atoms with Crippen molar-refractivity contribution in [2.75, 3.05) is 13.2 Å². The van der Waals surface area contributed by atoms with E-state index in [4.69, 9.17) is 14.0 Å². The first-order valence-electron chi connectivity index (χ1n) is 8.72. The van der Waals surface area contributed by atoms with Gasteiger partial charge >= 0.3 is 0 Å². The van der Waals surface area contributed by atoms with Crippen LogP contribution < -0.4 is 5.32 Å². The number of hydrogen-bond acceptors (Lipinski definition) is 5. The maximum absolute atomic E-state index is 12.3. The lowest BCUT2D eigenvalue weighted by molar-refractivity contribution is -0.125. The van der Waals surface area contributed by atoms with Gasteiger partial charge in [-0.3, -0.25) is 4.79 Å². The topological polar surface area (TPSA) is 73.6 Å². The van der Waals surface area contributed by atoms with Crippen molar-refractivity contribution in [2.45, 2.75) is 64.7 Å². The van der Waals surface area contributed by atoms with Gasteiger partial charge in [0.25, 0.3) is 0 Å². The standard InChI is InChI=1S/C18H26N2O4/c1-12-15(13(2)24-20-12)10-23-17-7-8-22-11-16(17)19-18(21)9-14-5-3-4-6-14/h5,16-17H,3-4,6-11H2,1-2H3,(H,19,21)/t16-,17+/m1/s1. The average Bonchev–Trinajstić information content (AvgIpc) is 3.17. The number of allylic oxidation sites excluding steroid dienone is 1. The van der Waals surface area contributed by atoms with E-state index in [1.54, 1.807) is 0 Å². The third-order valence-corrected chi connectivity index (χ3v) is 4.78. The van der Waals surface area contributed by atoms with E-state index in [1.165, 1.54) is 12.0 Å². The molecular weight excluding hydrogens is 308 g/mol. The summed E-state index contributed by atoms with van der Waals surface area (Å²) in [5, 5.41) is 7.04. The maximum atomic E-state index is 12.3. The van der Waals surface area contributed by atoms with Crippen LogP contribution in [0.15, 0.2) is 16.2 Å². The summed E-state index contributed by atoms with van der Waals surface area (Å²) in [6.45, 7) is 5.40. The van der Waals surface area contributed by atoms with Crippen molar-refractivity contribution in [3.63, 3.8) is 0 Å². The fourth-order valence-electron chi connectivity index (χ4n) is 3.31. The highest BCUT2D eigenvalue weighted by molar-refractivity contribution is 5.79. The Labute approximate surface area is 142 Å². The Hall–Kier alpha value is -1.66. The van der Waals surface area contributed by atoms with Gasteiger partial charge in [0.05, 0.1) is 31.1 Å². The number of rotatable bonds is 6. The minimum atomic E-state index is -0.103. The number of hydrogen-bond donors (Lipinski definition) is 1. The molecule has 1 aromatic heterocycles. The van der Waals surface area contributed by atoms with E-state index < -0.39 is 0 Å². The number of carbonyl (C=O) groups is 1. The summed E-state index contributed by atoms with van der Waals surface area (Å²) in [6.07, 6.45) is 6.71. The number of aryl methyl sites for hydroxylation is 2. The fraction of sp³-hybridized carbons (Fsp3) is 0.667. The van der Waals surface area contributed by atoms with Crippen LogP contribution in [0.5, 0.6) is 0 Å². The summed E-state index contributed by atoms with van der Waals surface area (Å²) in [4.78, 5) is 12.3. The summed E-state index contributed by atoms with van der Waals surface area (Å²) in [7, 11) is 0. The Balaban J connectivity index is 1.53. The molecule has 6 heteroatoms. The van der Waals surface area contributed by atoms with Crippen molar-refractivity contribution in [2.24, 2.45) is 0 Å². The van der Waals surface area contributed by atoms with Crippen LogP contribution in [-0.2, 0) is 20.9 Å². The Kier molecular flexibility index (Phi) is 5.68. The number of ether oxygens (including phenoxy) is 2. The molecule has 2 heterocycles. The van der Waals surface area contributed by atoms with E-state index in [1.807, 2.05) is 13.8 Å². The molecule has 2 atom stereocenters. The Bertz CT molecular complexity index is 589. The largest absolute Gasteiger partial charge is 0.379 e. The molecule has 24 heavy (non-hydrogen) atoms. The first kappa shape index (κ1) is 17.2. The van der Waals surface area contributed by atoms with Gasteiger partial charge in [-0.15, -0.1) is 0 Å². The van der Waals surface area contributed by atoms with Crippen molar-refractivity contribution in [1.82, 2.24) is 10.5 Å². The number of amides is 1. The van der Waals surface area contributed by atoms with Gasteiger partial charge in [0, 0.05) is 18.6 Å². The van der Waals surface area contributed by atoms with Crippen LogP contribution in [0.2, 0.25) is 0 Å². The fourth-order valence-corrected chi connectivity index (χ4v) is 3.31. The Morgan fingerprint density at radius 3 is 3.04 bits per heavy atom. The minimum Gasteiger partial charge on any atom is -0.379 e. The monoisotopic (exact) mass is 334 g/mol. The highest BCUT2D eigenvalue weighted by Gasteiger charge is 2.28. The second kappa shape index (κ2) is 7.94. The SMILES string of the molecule is Cc1noc(C)c1CO[C@H]1CCOC[C@H]1NC(=O)CC1=CCCC1. The van der Waals surface area contributed by atoms with E-state index in [9.17, 15) is 4.79 Å². The highest BCUT2D eigenvalue weighted by atomic mass is 16.5. The molecule has 132 valence electrons. The normalized spacial score (nSPS) is 24.0. The van der Waals surface area contributed by atoms with Crippen molar-refractivity contribution in [1.29, 1.82) is 0 Å². The molecule has 0 saturated carbocycles. The quantitative estimate of drug-likeness (QED) is 0.810. The van der Waals surface area contributed by atoms with E-state index >= 15 is 0 Å². The second-order valence-corrected chi connectivity index (χ2v) is 6.62.